The largest absolute Gasteiger partial charge is 0.497 e. The first-order chi connectivity index (χ1) is 12.4. The fourth-order valence-electron chi connectivity index (χ4n) is 3.12. The molecule has 2 aromatic rings. The second-order valence-corrected chi connectivity index (χ2v) is 8.45. The van der Waals surface area contributed by atoms with E-state index in [2.05, 4.69) is 0 Å². The molecule has 0 N–H and O–H groups in total. The molecule has 1 fully saturated rings. The van der Waals surface area contributed by atoms with Crippen molar-refractivity contribution in [2.24, 2.45) is 0 Å². The highest BCUT2D eigenvalue weighted by molar-refractivity contribution is 7.92. The molecule has 2 aromatic carbocycles. The van der Waals surface area contributed by atoms with Gasteiger partial charge in [-0.05, 0) is 55.3 Å². The van der Waals surface area contributed by atoms with Crippen molar-refractivity contribution in [2.75, 3.05) is 20.2 Å². The van der Waals surface area contributed by atoms with Crippen molar-refractivity contribution >= 4 is 15.7 Å². The van der Waals surface area contributed by atoms with Crippen molar-refractivity contribution in [3.8, 4) is 5.75 Å². The highest BCUT2D eigenvalue weighted by atomic mass is 32.2. The van der Waals surface area contributed by atoms with Crippen LogP contribution in [0.5, 0.6) is 5.75 Å². The number of nitrogens with zero attached hydrogens (tertiary/aromatic N) is 1. The van der Waals surface area contributed by atoms with Crippen molar-refractivity contribution in [1.29, 1.82) is 0 Å². The van der Waals surface area contributed by atoms with Gasteiger partial charge in [0.25, 0.3) is 5.91 Å². The maximum atomic E-state index is 13.0. The Morgan fingerprint density at radius 2 is 1.77 bits per heavy atom. The van der Waals surface area contributed by atoms with Gasteiger partial charge in [-0.1, -0.05) is 6.07 Å². The van der Waals surface area contributed by atoms with Gasteiger partial charge in [0.1, 0.15) is 11.6 Å². The Labute approximate surface area is 152 Å². The average molecular weight is 377 g/mol. The van der Waals surface area contributed by atoms with Crippen molar-refractivity contribution in [1.82, 2.24) is 4.90 Å². The summed E-state index contributed by atoms with van der Waals surface area (Å²) >= 11 is 0. The predicted molar refractivity (Wildman–Crippen MR) is 95.5 cm³/mol. The van der Waals surface area contributed by atoms with E-state index in [0.717, 1.165) is 12.1 Å². The number of hydrogen-bond acceptors (Lipinski definition) is 4. The van der Waals surface area contributed by atoms with E-state index in [1.54, 1.807) is 29.2 Å². The maximum Gasteiger partial charge on any atom is 0.253 e. The average Bonchev–Trinajstić information content (AvgIpc) is 2.68. The smallest absolute Gasteiger partial charge is 0.253 e. The number of likely N-dealkylation sites (tertiary alicyclic amines) is 1. The first-order valence-corrected chi connectivity index (χ1v) is 9.89. The van der Waals surface area contributed by atoms with Crippen LogP contribution in [0.25, 0.3) is 0 Å². The summed E-state index contributed by atoms with van der Waals surface area (Å²) in [5, 5.41) is -0.567. The Kier molecular flexibility index (Phi) is 5.27. The van der Waals surface area contributed by atoms with Gasteiger partial charge in [-0.25, -0.2) is 12.8 Å². The van der Waals surface area contributed by atoms with E-state index >= 15 is 0 Å². The van der Waals surface area contributed by atoms with E-state index in [1.807, 2.05) is 0 Å². The number of benzene rings is 2. The zero-order chi connectivity index (χ0) is 18.7. The number of carbonyl (C=O) groups is 1. The molecule has 26 heavy (non-hydrogen) atoms. The predicted octanol–water partition coefficient (Wildman–Crippen LogP) is 2.91. The molecule has 0 aliphatic carbocycles. The minimum absolute atomic E-state index is 0.122. The molecule has 5 nitrogen and oxygen atoms in total. The SMILES string of the molecule is COc1cccc(C(=O)N2CCC(S(=O)(=O)c3ccc(F)cc3)CC2)c1. The number of hydrogen-bond donors (Lipinski definition) is 0. The minimum Gasteiger partial charge on any atom is -0.497 e. The summed E-state index contributed by atoms with van der Waals surface area (Å²) in [7, 11) is -1.99. The van der Waals surface area contributed by atoms with E-state index < -0.39 is 20.9 Å². The number of piperidine rings is 1. The monoisotopic (exact) mass is 377 g/mol. The minimum atomic E-state index is -3.53. The molecule has 0 radical (unpaired) electrons. The van der Waals surface area contributed by atoms with Gasteiger partial charge < -0.3 is 9.64 Å². The third kappa shape index (κ3) is 3.72. The summed E-state index contributed by atoms with van der Waals surface area (Å²) in [6.45, 7) is 0.724. The summed E-state index contributed by atoms with van der Waals surface area (Å²) in [4.78, 5) is 14.4. The highest BCUT2D eigenvalue weighted by Crippen LogP contribution is 2.26. The Morgan fingerprint density at radius 1 is 1.12 bits per heavy atom. The molecule has 7 heteroatoms. The van der Waals surface area contributed by atoms with Gasteiger partial charge in [0.2, 0.25) is 0 Å². The standard InChI is InChI=1S/C19H20FNO4S/c1-25-16-4-2-3-14(13-16)19(22)21-11-9-18(10-12-21)26(23,24)17-7-5-15(20)6-8-17/h2-8,13,18H,9-12H2,1H3. The first-order valence-electron chi connectivity index (χ1n) is 8.34. The molecule has 0 spiro atoms. The lowest BCUT2D eigenvalue weighted by atomic mass is 10.1. The Morgan fingerprint density at radius 3 is 2.38 bits per heavy atom. The Hall–Kier alpha value is -2.41. The quantitative estimate of drug-likeness (QED) is 0.769. The number of rotatable bonds is 4. The molecule has 0 bridgehead atoms. The molecule has 0 unspecified atom stereocenters. The summed E-state index contributed by atoms with van der Waals surface area (Å²) in [6, 6.07) is 11.8. The number of methoxy groups -OCH3 is 1. The van der Waals surface area contributed by atoms with E-state index in [1.165, 1.54) is 19.2 Å². The number of carbonyl (C=O) groups excluding carboxylic acids is 1. The van der Waals surface area contributed by atoms with Gasteiger partial charge in [0.15, 0.2) is 9.84 Å². The fraction of sp³-hybridized carbons (Fsp3) is 0.316. The third-order valence-corrected chi connectivity index (χ3v) is 6.91. The number of sulfone groups is 1. The van der Waals surface area contributed by atoms with Crippen LogP contribution in [0.2, 0.25) is 0 Å². The van der Waals surface area contributed by atoms with Gasteiger partial charge >= 0.3 is 0 Å². The van der Waals surface area contributed by atoms with Crippen molar-refractivity contribution in [2.45, 2.75) is 23.0 Å². The van der Waals surface area contributed by atoms with E-state index in [9.17, 15) is 17.6 Å². The van der Waals surface area contributed by atoms with Gasteiger partial charge in [0.05, 0.1) is 17.3 Å². The molecular formula is C19H20FNO4S. The zero-order valence-corrected chi connectivity index (χ0v) is 15.2. The zero-order valence-electron chi connectivity index (χ0n) is 14.4. The normalized spacial score (nSPS) is 15.7. The number of amides is 1. The van der Waals surface area contributed by atoms with E-state index in [4.69, 9.17) is 4.74 Å². The van der Waals surface area contributed by atoms with Crippen LogP contribution < -0.4 is 4.74 Å². The third-order valence-electron chi connectivity index (χ3n) is 4.63. The molecule has 138 valence electrons. The topological polar surface area (TPSA) is 63.7 Å². The number of halogens is 1. The highest BCUT2D eigenvalue weighted by Gasteiger charge is 2.33. The molecule has 0 atom stereocenters. The van der Waals surface area contributed by atoms with Gasteiger partial charge in [-0.3, -0.25) is 4.79 Å². The van der Waals surface area contributed by atoms with Crippen molar-refractivity contribution in [3.63, 3.8) is 0 Å². The van der Waals surface area contributed by atoms with E-state index in [0.29, 0.717) is 37.2 Å². The fourth-order valence-corrected chi connectivity index (χ4v) is 4.86. The summed E-state index contributed by atoms with van der Waals surface area (Å²) in [5.74, 6) is -0.00573. The van der Waals surface area contributed by atoms with Crippen molar-refractivity contribution in [3.05, 3.63) is 59.9 Å². The molecule has 1 saturated heterocycles. The van der Waals surface area contributed by atoms with Gasteiger partial charge in [0, 0.05) is 18.7 Å². The molecule has 0 aromatic heterocycles. The number of ether oxygens (including phenoxy) is 1. The van der Waals surface area contributed by atoms with Crippen LogP contribution in [0.15, 0.2) is 53.4 Å². The van der Waals surface area contributed by atoms with Crippen LogP contribution >= 0.6 is 0 Å². The molecule has 3 rings (SSSR count). The Balaban J connectivity index is 1.68. The second-order valence-electron chi connectivity index (χ2n) is 6.22. The van der Waals surface area contributed by atoms with Gasteiger partial charge in [-0.15, -0.1) is 0 Å². The molecule has 1 aliphatic heterocycles. The van der Waals surface area contributed by atoms with Crippen LogP contribution in [-0.2, 0) is 9.84 Å². The lowest BCUT2D eigenvalue weighted by Crippen LogP contribution is -2.42. The summed E-state index contributed by atoms with van der Waals surface area (Å²) < 4.78 is 43.5. The van der Waals surface area contributed by atoms with Gasteiger partial charge in [-0.2, -0.15) is 0 Å². The molecule has 1 heterocycles. The van der Waals surface area contributed by atoms with Crippen LogP contribution in [0.3, 0.4) is 0 Å². The Bertz CT molecular complexity index is 888. The lowest BCUT2D eigenvalue weighted by Gasteiger charge is -2.31. The van der Waals surface area contributed by atoms with Crippen molar-refractivity contribution < 1.29 is 22.3 Å². The summed E-state index contributed by atoms with van der Waals surface area (Å²) in [5.41, 5.74) is 0.518. The molecule has 1 aliphatic rings. The first kappa shape index (κ1) is 18.4. The van der Waals surface area contributed by atoms with Crippen LogP contribution in [0.4, 0.5) is 4.39 Å². The summed E-state index contributed by atoms with van der Waals surface area (Å²) in [6.07, 6.45) is 0.713. The van der Waals surface area contributed by atoms with Crippen LogP contribution in [0, 0.1) is 5.82 Å². The molecular weight excluding hydrogens is 357 g/mol. The second kappa shape index (κ2) is 7.45. The van der Waals surface area contributed by atoms with E-state index in [-0.39, 0.29) is 10.8 Å². The van der Waals surface area contributed by atoms with Crippen LogP contribution in [0.1, 0.15) is 23.2 Å². The lowest BCUT2D eigenvalue weighted by molar-refractivity contribution is 0.0725. The van der Waals surface area contributed by atoms with Crippen LogP contribution in [-0.4, -0.2) is 44.7 Å². The maximum absolute atomic E-state index is 13.0. The molecule has 1 amide bonds. The molecule has 0 saturated carbocycles.